The van der Waals surface area contributed by atoms with Crippen molar-refractivity contribution in [3.63, 3.8) is 0 Å². The van der Waals surface area contributed by atoms with Crippen molar-refractivity contribution >= 4 is 85.5 Å². The van der Waals surface area contributed by atoms with Gasteiger partial charge in [-0.1, -0.05) is 0 Å². The van der Waals surface area contributed by atoms with E-state index in [2.05, 4.69) is 0 Å². The Hall–Kier alpha value is -0.420. The van der Waals surface area contributed by atoms with Crippen LogP contribution < -0.4 is 16.4 Å². The van der Waals surface area contributed by atoms with E-state index in [0.717, 1.165) is 0 Å². The number of carbonyl (C=O) groups is 3. The minimum absolute atomic E-state index is 0.0187. The van der Waals surface area contributed by atoms with Crippen molar-refractivity contribution in [3.8, 4) is 0 Å². The zero-order valence-corrected chi connectivity index (χ0v) is 20.0. The Morgan fingerprint density at radius 1 is 0.714 bits per heavy atom. The van der Waals surface area contributed by atoms with E-state index in [9.17, 15) is 14.4 Å². The highest BCUT2D eigenvalue weighted by atomic mass is 127. The van der Waals surface area contributed by atoms with Crippen LogP contribution in [0.2, 0.25) is 0 Å². The van der Waals surface area contributed by atoms with E-state index in [1.807, 2.05) is 10.6 Å². The van der Waals surface area contributed by atoms with E-state index < -0.39 is 42.8 Å². The van der Waals surface area contributed by atoms with Crippen LogP contribution in [0.3, 0.4) is 0 Å². The summed E-state index contributed by atoms with van der Waals surface area (Å²) in [6.07, 6.45) is 0. The van der Waals surface area contributed by atoms with Gasteiger partial charge in [0.15, 0.2) is 0 Å². The van der Waals surface area contributed by atoms with Gasteiger partial charge in [0.2, 0.25) is 0 Å². The Balaban J connectivity index is 3.52. The quantitative estimate of drug-likeness (QED) is 0.105. The molecule has 0 bridgehead atoms. The second kappa shape index (κ2) is 9.59. The van der Waals surface area contributed by atoms with Gasteiger partial charge < -0.3 is 47.0 Å². The molecule has 0 aliphatic heterocycles. The van der Waals surface area contributed by atoms with Gasteiger partial charge in [-0.05, 0) is 67.8 Å². The average Bonchev–Trinajstić information content (AvgIpc) is 2.49. The summed E-state index contributed by atoms with van der Waals surface area (Å²) in [6.45, 7) is -1.95. The van der Waals surface area contributed by atoms with Crippen LogP contribution in [-0.4, -0.2) is 73.4 Å². The van der Waals surface area contributed by atoms with Crippen molar-refractivity contribution in [2.75, 3.05) is 13.1 Å². The van der Waals surface area contributed by atoms with E-state index in [1.165, 1.54) is 0 Å². The van der Waals surface area contributed by atoms with E-state index in [1.54, 1.807) is 67.8 Å². The summed E-state index contributed by atoms with van der Waals surface area (Å²) < 4.78 is 0.145. The molecule has 1 rings (SSSR count). The van der Waals surface area contributed by atoms with E-state index in [-0.39, 0.29) is 27.4 Å². The number of nitrogens with one attached hydrogen (secondary N) is 2. The molecule has 0 radical (unpaired) electrons. The van der Waals surface area contributed by atoms with Gasteiger partial charge in [0.05, 0.1) is 29.8 Å². The largest absolute Gasteiger partial charge is 0.366 e. The van der Waals surface area contributed by atoms with Crippen molar-refractivity contribution < 1.29 is 45.0 Å². The van der Waals surface area contributed by atoms with Crippen LogP contribution >= 0.6 is 67.8 Å². The maximum absolute atomic E-state index is 12.5. The maximum atomic E-state index is 12.5. The number of hydrogen-bond donors (Lipinski definition) is 9. The molecule has 0 spiro atoms. The van der Waals surface area contributed by atoms with Crippen molar-refractivity contribution in [2.24, 2.45) is 5.73 Å². The van der Waals surface area contributed by atoms with E-state index in [0.29, 0.717) is 0 Å². The second-order valence-corrected chi connectivity index (χ2v) is 8.58. The number of primary amides is 1. The minimum atomic E-state index is -3.19. The second-order valence-electron chi connectivity index (χ2n) is 5.35. The SMILES string of the molecule is NC(=O)c1c(I)c(C(=O)NCC(O)(O)O)c(I)c(C(=O)NCC(O)(O)O)c1I. The molecule has 0 aliphatic carbocycles. The van der Waals surface area contributed by atoms with Crippen LogP contribution in [0.15, 0.2) is 0 Å². The third-order valence-electron chi connectivity index (χ3n) is 2.99. The number of halogens is 3. The van der Waals surface area contributed by atoms with Gasteiger partial charge in [0, 0.05) is 10.7 Å². The summed E-state index contributed by atoms with van der Waals surface area (Å²) in [6, 6.07) is 0. The summed E-state index contributed by atoms with van der Waals surface area (Å²) in [5, 5.41) is 57.5. The van der Waals surface area contributed by atoms with Crippen molar-refractivity contribution in [2.45, 2.75) is 11.9 Å². The van der Waals surface area contributed by atoms with Crippen LogP contribution in [0.4, 0.5) is 0 Å². The molecule has 1 aromatic carbocycles. The molecular weight excluding hydrogens is 723 g/mol. The molecule has 10 N–H and O–H groups in total. The Morgan fingerprint density at radius 2 is 1.00 bits per heavy atom. The third kappa shape index (κ3) is 6.83. The molecule has 0 fully saturated rings. The maximum Gasteiger partial charge on any atom is 0.293 e. The lowest BCUT2D eigenvalue weighted by molar-refractivity contribution is -0.306. The Labute approximate surface area is 197 Å². The molecule has 0 saturated heterocycles. The van der Waals surface area contributed by atoms with Gasteiger partial charge in [-0.2, -0.15) is 0 Å². The first-order valence-electron chi connectivity index (χ1n) is 6.97. The number of rotatable bonds is 7. The standard InChI is InChI=1S/C13H14I3N3O9/c14-6-3(9(17)20)7(15)5(11(22)19-2-13(26,27)28)8(16)4(6)10(21)18-1-12(23,24)25/h23-28H,1-2H2,(H2,17,20)(H,18,21)(H,19,22). The average molecular weight is 737 g/mol. The first-order valence-corrected chi connectivity index (χ1v) is 10.2. The van der Waals surface area contributed by atoms with Crippen LogP contribution in [0.1, 0.15) is 31.1 Å². The highest BCUT2D eigenvalue weighted by Crippen LogP contribution is 2.32. The lowest BCUT2D eigenvalue weighted by Crippen LogP contribution is -2.44. The monoisotopic (exact) mass is 737 g/mol. The molecule has 28 heavy (non-hydrogen) atoms. The first kappa shape index (κ1) is 25.6. The molecule has 0 aliphatic rings. The topological polar surface area (TPSA) is 223 Å². The molecule has 0 atom stereocenters. The van der Waals surface area contributed by atoms with Gasteiger partial charge in [0.1, 0.15) is 0 Å². The number of aliphatic hydroxyl groups is 6. The van der Waals surface area contributed by atoms with E-state index in [4.69, 9.17) is 36.4 Å². The lowest BCUT2D eigenvalue weighted by Gasteiger charge is -2.20. The Kier molecular flexibility index (Phi) is 8.78. The first-order chi connectivity index (χ1) is 12.6. The van der Waals surface area contributed by atoms with Gasteiger partial charge in [-0.15, -0.1) is 0 Å². The fourth-order valence-electron chi connectivity index (χ4n) is 1.85. The summed E-state index contributed by atoms with van der Waals surface area (Å²) in [5.74, 6) is -9.24. The lowest BCUT2D eigenvalue weighted by atomic mass is 10.0. The van der Waals surface area contributed by atoms with Gasteiger partial charge in [-0.25, -0.2) is 0 Å². The van der Waals surface area contributed by atoms with Gasteiger partial charge in [-0.3, -0.25) is 14.4 Å². The summed E-state index contributed by atoms with van der Waals surface area (Å²) >= 11 is 4.92. The molecule has 0 unspecified atom stereocenters. The highest BCUT2D eigenvalue weighted by molar-refractivity contribution is 14.1. The van der Waals surface area contributed by atoms with Crippen LogP contribution in [-0.2, 0) is 0 Å². The normalized spacial score (nSPS) is 11.9. The van der Waals surface area contributed by atoms with Gasteiger partial charge >= 0.3 is 0 Å². The van der Waals surface area contributed by atoms with Crippen molar-refractivity contribution in [1.29, 1.82) is 0 Å². The number of nitrogens with two attached hydrogens (primary N) is 1. The van der Waals surface area contributed by atoms with Crippen LogP contribution in [0, 0.1) is 10.7 Å². The Bertz CT molecular complexity index is 761. The zero-order valence-electron chi connectivity index (χ0n) is 13.5. The molecular formula is C13H14I3N3O9. The third-order valence-corrected chi connectivity index (χ3v) is 6.23. The molecule has 0 saturated carbocycles. The fraction of sp³-hybridized carbons (Fsp3) is 0.308. The number of hydrogen-bond acceptors (Lipinski definition) is 9. The highest BCUT2D eigenvalue weighted by Gasteiger charge is 2.31. The van der Waals surface area contributed by atoms with Gasteiger partial charge in [0.25, 0.3) is 29.7 Å². The zero-order chi connectivity index (χ0) is 22.0. The minimum Gasteiger partial charge on any atom is -0.366 e. The number of amides is 3. The number of carbonyl (C=O) groups excluding carboxylic acids is 3. The fourth-order valence-corrected chi connectivity index (χ4v) is 6.53. The molecule has 15 heteroatoms. The molecule has 0 aromatic heterocycles. The smallest absolute Gasteiger partial charge is 0.293 e. The molecule has 1 aromatic rings. The summed E-state index contributed by atoms with van der Waals surface area (Å²) in [7, 11) is 0. The molecule has 12 nitrogen and oxygen atoms in total. The number of benzene rings is 1. The van der Waals surface area contributed by atoms with E-state index >= 15 is 0 Å². The molecule has 0 heterocycles. The predicted octanol–water partition coefficient (Wildman–Crippen LogP) is -2.68. The van der Waals surface area contributed by atoms with Crippen LogP contribution in [0.5, 0.6) is 0 Å². The van der Waals surface area contributed by atoms with Crippen molar-refractivity contribution in [3.05, 3.63) is 27.4 Å². The predicted molar refractivity (Wildman–Crippen MR) is 117 cm³/mol. The molecule has 156 valence electrons. The summed E-state index contributed by atoms with van der Waals surface area (Å²) in [4.78, 5) is 36.7. The summed E-state index contributed by atoms with van der Waals surface area (Å²) in [5.41, 5.74) is 4.73. The Morgan fingerprint density at radius 3 is 1.25 bits per heavy atom. The van der Waals surface area contributed by atoms with Crippen molar-refractivity contribution in [1.82, 2.24) is 10.6 Å². The van der Waals surface area contributed by atoms with Crippen LogP contribution in [0.25, 0.3) is 0 Å². The molecule has 3 amide bonds.